The van der Waals surface area contributed by atoms with Crippen molar-refractivity contribution in [1.29, 1.82) is 0 Å². The molecule has 2 rings (SSSR count). The third kappa shape index (κ3) is 2.47. The third-order valence-corrected chi connectivity index (χ3v) is 2.34. The van der Waals surface area contributed by atoms with Gasteiger partial charge in [0.15, 0.2) is 6.61 Å². The van der Waals surface area contributed by atoms with Crippen LogP contribution >= 0.6 is 0 Å². The molecule has 1 aliphatic heterocycles. The average molecular weight is 234 g/mol. The van der Waals surface area contributed by atoms with Crippen LogP contribution in [-0.2, 0) is 4.79 Å². The Morgan fingerprint density at radius 2 is 2.47 bits per heavy atom. The smallest absolute Gasteiger partial charge is 0.262 e. The molecule has 7 heteroatoms. The maximum atomic E-state index is 11.0. The van der Waals surface area contributed by atoms with Crippen LogP contribution in [0, 0.1) is 0 Å². The van der Waals surface area contributed by atoms with Gasteiger partial charge in [0, 0.05) is 4.91 Å². The molecule has 0 aromatic heterocycles. The van der Waals surface area contributed by atoms with Gasteiger partial charge in [-0.15, -0.1) is 0 Å². The van der Waals surface area contributed by atoms with E-state index in [-0.39, 0.29) is 19.1 Å². The zero-order chi connectivity index (χ0) is 12.3. The minimum atomic E-state index is -0.877. The Labute approximate surface area is 96.6 Å². The van der Waals surface area contributed by atoms with Crippen LogP contribution in [0.2, 0.25) is 0 Å². The maximum absolute atomic E-state index is 11.0. The average Bonchev–Trinajstić information content (AvgIpc) is 2.35. The second-order valence-corrected chi connectivity index (χ2v) is 3.52. The lowest BCUT2D eigenvalue weighted by atomic mass is 10.1. The number of carbonyl (C=O) groups is 1. The van der Waals surface area contributed by atoms with Gasteiger partial charge in [0.25, 0.3) is 5.91 Å². The number of nitrogens with zero attached hydrogens (tertiary/aromatic N) is 3. The molecule has 1 aromatic carbocycles. The summed E-state index contributed by atoms with van der Waals surface area (Å²) in [6.07, 6.45) is -0.877. The lowest BCUT2D eigenvalue weighted by Gasteiger charge is -2.19. The summed E-state index contributed by atoms with van der Waals surface area (Å²) in [5.74, 6) is 0.293. The molecule has 0 bridgehead atoms. The normalized spacial score (nSPS) is 15.0. The van der Waals surface area contributed by atoms with Crippen LogP contribution in [0.4, 0.5) is 5.69 Å². The van der Waals surface area contributed by atoms with Crippen LogP contribution in [0.25, 0.3) is 10.4 Å². The zero-order valence-corrected chi connectivity index (χ0v) is 8.83. The number of aliphatic hydroxyl groups is 1. The van der Waals surface area contributed by atoms with Gasteiger partial charge in [-0.1, -0.05) is 11.2 Å². The molecule has 1 heterocycles. The zero-order valence-electron chi connectivity index (χ0n) is 8.83. The summed E-state index contributed by atoms with van der Waals surface area (Å²) in [6.45, 7) is -0.0788. The highest BCUT2D eigenvalue weighted by Crippen LogP contribution is 2.30. The molecule has 0 spiro atoms. The first kappa shape index (κ1) is 11.3. The molecule has 17 heavy (non-hydrogen) atoms. The number of rotatable bonds is 3. The predicted octanol–water partition coefficient (Wildman–Crippen LogP) is 1.36. The number of fused-ring (bicyclic) bond motifs is 1. The van der Waals surface area contributed by atoms with Crippen molar-refractivity contribution in [3.05, 3.63) is 34.2 Å². The molecule has 1 aromatic rings. The summed E-state index contributed by atoms with van der Waals surface area (Å²) in [6, 6.07) is 4.90. The van der Waals surface area contributed by atoms with Crippen molar-refractivity contribution in [2.75, 3.05) is 18.5 Å². The first-order valence-electron chi connectivity index (χ1n) is 4.96. The van der Waals surface area contributed by atoms with Crippen LogP contribution in [0.15, 0.2) is 23.3 Å². The van der Waals surface area contributed by atoms with E-state index in [9.17, 15) is 9.90 Å². The van der Waals surface area contributed by atoms with E-state index in [1.807, 2.05) is 0 Å². The Kier molecular flexibility index (Phi) is 3.13. The molecule has 0 saturated carbocycles. The van der Waals surface area contributed by atoms with Crippen molar-refractivity contribution in [2.24, 2.45) is 5.11 Å². The van der Waals surface area contributed by atoms with E-state index in [0.29, 0.717) is 17.0 Å². The van der Waals surface area contributed by atoms with E-state index in [4.69, 9.17) is 10.3 Å². The minimum absolute atomic E-state index is 0.0388. The van der Waals surface area contributed by atoms with Crippen molar-refractivity contribution >= 4 is 11.6 Å². The lowest BCUT2D eigenvalue weighted by Crippen LogP contribution is -2.25. The molecule has 1 atom stereocenters. The molecule has 88 valence electrons. The molecule has 0 aliphatic carbocycles. The highest BCUT2D eigenvalue weighted by Gasteiger charge is 2.17. The third-order valence-electron chi connectivity index (χ3n) is 2.34. The van der Waals surface area contributed by atoms with Crippen LogP contribution in [-0.4, -0.2) is 24.2 Å². The number of carbonyl (C=O) groups excluding carboxylic acids is 1. The summed E-state index contributed by atoms with van der Waals surface area (Å²) in [4.78, 5) is 13.6. The quantitative estimate of drug-likeness (QED) is 0.468. The van der Waals surface area contributed by atoms with E-state index in [1.54, 1.807) is 18.2 Å². The Balaban J connectivity index is 2.21. The van der Waals surface area contributed by atoms with Gasteiger partial charge in [-0.05, 0) is 23.2 Å². The van der Waals surface area contributed by atoms with Gasteiger partial charge >= 0.3 is 0 Å². The van der Waals surface area contributed by atoms with Crippen molar-refractivity contribution in [2.45, 2.75) is 6.10 Å². The number of amides is 1. The fourth-order valence-corrected chi connectivity index (χ4v) is 1.52. The second kappa shape index (κ2) is 4.73. The van der Waals surface area contributed by atoms with Gasteiger partial charge in [-0.25, -0.2) is 0 Å². The topological polar surface area (TPSA) is 107 Å². The fourth-order valence-electron chi connectivity index (χ4n) is 1.52. The number of aliphatic hydroxyl groups excluding tert-OH is 1. The molecule has 0 radical (unpaired) electrons. The highest BCUT2D eigenvalue weighted by atomic mass is 16.5. The number of benzene rings is 1. The molecule has 1 amide bonds. The van der Waals surface area contributed by atoms with E-state index < -0.39 is 6.10 Å². The van der Waals surface area contributed by atoms with Gasteiger partial charge in [0.1, 0.15) is 5.75 Å². The molecular weight excluding hydrogens is 224 g/mol. The predicted molar refractivity (Wildman–Crippen MR) is 59.5 cm³/mol. The Hall–Kier alpha value is -2.24. The van der Waals surface area contributed by atoms with Gasteiger partial charge in [0.2, 0.25) is 0 Å². The van der Waals surface area contributed by atoms with Crippen molar-refractivity contribution in [3.63, 3.8) is 0 Å². The standard InChI is InChI=1S/C10H10N4O3/c11-14-12-4-8(15)6-1-2-7-9(3-6)17-5-10(16)13-7/h1-3,8,15H,4-5H2,(H,13,16). The molecule has 2 N–H and O–H groups in total. The minimum Gasteiger partial charge on any atom is -0.482 e. The monoisotopic (exact) mass is 234 g/mol. The summed E-state index contributed by atoms with van der Waals surface area (Å²) in [5.41, 5.74) is 9.30. The first-order valence-corrected chi connectivity index (χ1v) is 4.96. The number of hydrogen-bond acceptors (Lipinski definition) is 4. The highest BCUT2D eigenvalue weighted by molar-refractivity contribution is 5.95. The summed E-state index contributed by atoms with van der Waals surface area (Å²) in [7, 11) is 0. The Morgan fingerprint density at radius 3 is 3.24 bits per heavy atom. The van der Waals surface area contributed by atoms with Crippen molar-refractivity contribution in [1.82, 2.24) is 0 Å². The number of azide groups is 1. The summed E-state index contributed by atoms with van der Waals surface area (Å²) >= 11 is 0. The van der Waals surface area contributed by atoms with Gasteiger partial charge in [0.05, 0.1) is 18.3 Å². The molecule has 7 nitrogen and oxygen atoms in total. The van der Waals surface area contributed by atoms with Crippen LogP contribution in [0.1, 0.15) is 11.7 Å². The van der Waals surface area contributed by atoms with Gasteiger partial charge < -0.3 is 15.2 Å². The second-order valence-electron chi connectivity index (χ2n) is 3.52. The number of ether oxygens (including phenoxy) is 1. The number of hydrogen-bond donors (Lipinski definition) is 2. The molecule has 1 unspecified atom stereocenters. The van der Waals surface area contributed by atoms with Crippen molar-refractivity contribution in [3.8, 4) is 5.75 Å². The van der Waals surface area contributed by atoms with E-state index in [2.05, 4.69) is 15.3 Å². The van der Waals surface area contributed by atoms with Crippen molar-refractivity contribution < 1.29 is 14.6 Å². The summed E-state index contributed by atoms with van der Waals surface area (Å²) < 4.78 is 5.20. The number of anilines is 1. The largest absolute Gasteiger partial charge is 0.482 e. The van der Waals surface area contributed by atoms with Crippen LogP contribution in [0.3, 0.4) is 0 Å². The Morgan fingerprint density at radius 1 is 1.65 bits per heavy atom. The van der Waals surface area contributed by atoms with E-state index >= 15 is 0 Å². The van der Waals surface area contributed by atoms with E-state index in [0.717, 1.165) is 0 Å². The molecule has 0 saturated heterocycles. The van der Waals surface area contributed by atoms with Gasteiger partial charge in [-0.2, -0.15) is 0 Å². The fraction of sp³-hybridized carbons (Fsp3) is 0.300. The van der Waals surface area contributed by atoms with Crippen LogP contribution in [0.5, 0.6) is 5.75 Å². The molecule has 0 fully saturated rings. The summed E-state index contributed by atoms with van der Waals surface area (Å²) in [5, 5.41) is 15.6. The first-order chi connectivity index (χ1) is 8.20. The van der Waals surface area contributed by atoms with Gasteiger partial charge in [-0.3, -0.25) is 4.79 Å². The number of nitrogens with one attached hydrogen (secondary N) is 1. The molecule has 1 aliphatic rings. The SMILES string of the molecule is [N-]=[N+]=NCC(O)c1ccc2c(c1)OCC(=O)N2. The van der Waals surface area contributed by atoms with E-state index in [1.165, 1.54) is 0 Å². The van der Waals surface area contributed by atoms with Crippen LogP contribution < -0.4 is 10.1 Å². The Bertz CT molecular complexity index is 496. The lowest BCUT2D eigenvalue weighted by molar-refractivity contribution is -0.118. The molecular formula is C10H10N4O3. The maximum Gasteiger partial charge on any atom is 0.262 e.